The Hall–Kier alpha value is -1.44. The number of nitrogens with one attached hydrogen (secondary N) is 1. The van der Waals surface area contributed by atoms with Gasteiger partial charge in [0.1, 0.15) is 0 Å². The summed E-state index contributed by atoms with van der Waals surface area (Å²) >= 11 is 0. The van der Waals surface area contributed by atoms with E-state index in [1.54, 1.807) is 0 Å². The molecule has 0 amide bonds. The van der Waals surface area contributed by atoms with Crippen LogP contribution in [-0.4, -0.2) is 4.98 Å². The van der Waals surface area contributed by atoms with Crippen LogP contribution in [0.5, 0.6) is 0 Å². The average Bonchev–Trinajstić information content (AvgIpc) is 2.46. The van der Waals surface area contributed by atoms with E-state index in [9.17, 15) is 0 Å². The maximum atomic E-state index is 5.70. The summed E-state index contributed by atoms with van der Waals surface area (Å²) in [5, 5.41) is 1.20. The van der Waals surface area contributed by atoms with E-state index < -0.39 is 0 Å². The Morgan fingerprint density at radius 2 is 2.00 bits per heavy atom. The minimum Gasteiger partial charge on any atom is -0.399 e. The van der Waals surface area contributed by atoms with Crippen molar-refractivity contribution in [3.63, 3.8) is 0 Å². The first kappa shape index (κ1) is 8.17. The van der Waals surface area contributed by atoms with Gasteiger partial charge in [0.15, 0.2) is 0 Å². The number of fused-ring (bicyclic) bond motifs is 1. The topological polar surface area (TPSA) is 41.8 Å². The summed E-state index contributed by atoms with van der Waals surface area (Å²) < 4.78 is 0. The van der Waals surface area contributed by atoms with Gasteiger partial charge < -0.3 is 10.7 Å². The van der Waals surface area contributed by atoms with Crippen LogP contribution >= 0.6 is 0 Å². The van der Waals surface area contributed by atoms with Crippen molar-refractivity contribution in [2.45, 2.75) is 19.8 Å². The zero-order chi connectivity index (χ0) is 9.42. The van der Waals surface area contributed by atoms with Crippen molar-refractivity contribution in [2.75, 3.05) is 5.73 Å². The summed E-state index contributed by atoms with van der Waals surface area (Å²) in [6, 6.07) is 8.10. The molecular weight excluding hydrogens is 160 g/mol. The molecule has 2 heteroatoms. The highest BCUT2D eigenvalue weighted by molar-refractivity contribution is 5.83. The number of nitrogens with two attached hydrogens (primary N) is 1. The maximum absolute atomic E-state index is 5.70. The van der Waals surface area contributed by atoms with Gasteiger partial charge in [0.2, 0.25) is 0 Å². The Bertz CT molecular complexity index is 427. The highest BCUT2D eigenvalue weighted by atomic mass is 14.7. The summed E-state index contributed by atoms with van der Waals surface area (Å²) in [6.45, 7) is 4.35. The van der Waals surface area contributed by atoms with Crippen molar-refractivity contribution < 1.29 is 0 Å². The maximum Gasteiger partial charge on any atom is 0.0457 e. The number of aromatic nitrogens is 1. The van der Waals surface area contributed by atoms with E-state index in [2.05, 4.69) is 24.9 Å². The number of H-pyrrole nitrogens is 1. The smallest absolute Gasteiger partial charge is 0.0457 e. The second-order valence-corrected chi connectivity index (χ2v) is 3.73. The highest BCUT2D eigenvalue weighted by Crippen LogP contribution is 2.22. The first-order valence-corrected chi connectivity index (χ1v) is 4.55. The molecular formula is C11H14N2. The molecule has 0 spiro atoms. The van der Waals surface area contributed by atoms with Gasteiger partial charge in [-0.1, -0.05) is 13.8 Å². The third-order valence-electron chi connectivity index (χ3n) is 2.29. The van der Waals surface area contributed by atoms with Crippen LogP contribution in [0.4, 0.5) is 5.69 Å². The van der Waals surface area contributed by atoms with E-state index >= 15 is 0 Å². The summed E-state index contributed by atoms with van der Waals surface area (Å²) in [5.74, 6) is 0.536. The summed E-state index contributed by atoms with van der Waals surface area (Å²) in [4.78, 5) is 3.37. The molecule has 0 aliphatic heterocycles. The minimum atomic E-state index is 0.536. The summed E-state index contributed by atoms with van der Waals surface area (Å²) in [7, 11) is 0. The van der Waals surface area contributed by atoms with Crippen molar-refractivity contribution in [2.24, 2.45) is 0 Å². The SMILES string of the molecule is CC(C)c1cc2cc(N)ccc2[nH]1. The Labute approximate surface area is 77.8 Å². The molecule has 0 aliphatic carbocycles. The predicted octanol–water partition coefficient (Wildman–Crippen LogP) is 2.87. The fourth-order valence-corrected chi connectivity index (χ4v) is 1.48. The lowest BCUT2D eigenvalue weighted by Gasteiger charge is -1.97. The Morgan fingerprint density at radius 1 is 1.23 bits per heavy atom. The lowest BCUT2D eigenvalue weighted by molar-refractivity contribution is 0.836. The third kappa shape index (κ3) is 1.39. The van der Waals surface area contributed by atoms with E-state index in [0.29, 0.717) is 5.92 Å². The van der Waals surface area contributed by atoms with E-state index in [-0.39, 0.29) is 0 Å². The molecule has 3 N–H and O–H groups in total. The molecule has 0 saturated heterocycles. The Balaban J connectivity index is 2.62. The first-order valence-electron chi connectivity index (χ1n) is 4.55. The fourth-order valence-electron chi connectivity index (χ4n) is 1.48. The molecule has 0 unspecified atom stereocenters. The molecule has 0 radical (unpaired) electrons. The fraction of sp³-hybridized carbons (Fsp3) is 0.273. The van der Waals surface area contributed by atoms with E-state index in [1.807, 2.05) is 18.2 Å². The van der Waals surface area contributed by atoms with Gasteiger partial charge in [-0.25, -0.2) is 0 Å². The lowest BCUT2D eigenvalue weighted by Crippen LogP contribution is -1.84. The van der Waals surface area contributed by atoms with Crippen LogP contribution in [0, 0.1) is 0 Å². The van der Waals surface area contributed by atoms with E-state index in [0.717, 1.165) is 11.2 Å². The molecule has 1 aromatic heterocycles. The Morgan fingerprint density at radius 3 is 2.69 bits per heavy atom. The molecule has 2 aromatic rings. The average molecular weight is 174 g/mol. The summed E-state index contributed by atoms with van der Waals surface area (Å²) in [5.41, 5.74) is 8.95. The molecule has 1 heterocycles. The first-order chi connectivity index (χ1) is 6.16. The number of hydrogen-bond acceptors (Lipinski definition) is 1. The van der Waals surface area contributed by atoms with Crippen LogP contribution in [0.1, 0.15) is 25.5 Å². The van der Waals surface area contributed by atoms with Gasteiger partial charge in [0.05, 0.1) is 0 Å². The standard InChI is InChI=1S/C11H14N2/c1-7(2)11-6-8-5-9(12)3-4-10(8)13-11/h3-7,13H,12H2,1-2H3. The number of benzene rings is 1. The molecule has 68 valence electrons. The highest BCUT2D eigenvalue weighted by Gasteiger charge is 2.03. The van der Waals surface area contributed by atoms with E-state index in [4.69, 9.17) is 5.73 Å². The van der Waals surface area contributed by atoms with Crippen molar-refractivity contribution in [3.8, 4) is 0 Å². The van der Waals surface area contributed by atoms with Crippen molar-refractivity contribution >= 4 is 16.6 Å². The number of rotatable bonds is 1. The predicted molar refractivity (Wildman–Crippen MR) is 56.8 cm³/mol. The third-order valence-corrected chi connectivity index (χ3v) is 2.29. The van der Waals surface area contributed by atoms with Gasteiger partial charge in [0.25, 0.3) is 0 Å². The lowest BCUT2D eigenvalue weighted by atomic mass is 10.1. The second kappa shape index (κ2) is 2.80. The number of aromatic amines is 1. The molecule has 1 aromatic carbocycles. The van der Waals surface area contributed by atoms with Crippen molar-refractivity contribution in [1.82, 2.24) is 4.98 Å². The van der Waals surface area contributed by atoms with Crippen LogP contribution < -0.4 is 5.73 Å². The van der Waals surface area contributed by atoms with Crippen LogP contribution in [0.2, 0.25) is 0 Å². The monoisotopic (exact) mass is 174 g/mol. The molecule has 0 aliphatic rings. The van der Waals surface area contributed by atoms with Gasteiger partial charge in [-0.05, 0) is 30.2 Å². The van der Waals surface area contributed by atoms with Crippen LogP contribution in [0.15, 0.2) is 24.3 Å². The second-order valence-electron chi connectivity index (χ2n) is 3.73. The number of anilines is 1. The van der Waals surface area contributed by atoms with Crippen molar-refractivity contribution in [3.05, 3.63) is 30.0 Å². The molecule has 0 atom stereocenters. The van der Waals surface area contributed by atoms with Gasteiger partial charge in [-0.15, -0.1) is 0 Å². The molecule has 0 fully saturated rings. The number of nitrogen functional groups attached to an aromatic ring is 1. The normalized spacial score (nSPS) is 11.3. The van der Waals surface area contributed by atoms with E-state index in [1.165, 1.54) is 11.1 Å². The Kier molecular flexibility index (Phi) is 1.76. The number of hydrogen-bond donors (Lipinski definition) is 2. The van der Waals surface area contributed by atoms with Gasteiger partial charge in [-0.3, -0.25) is 0 Å². The largest absolute Gasteiger partial charge is 0.399 e. The van der Waals surface area contributed by atoms with Crippen molar-refractivity contribution in [1.29, 1.82) is 0 Å². The zero-order valence-electron chi connectivity index (χ0n) is 7.96. The van der Waals surface area contributed by atoms with Crippen LogP contribution in [0.3, 0.4) is 0 Å². The minimum absolute atomic E-state index is 0.536. The van der Waals surface area contributed by atoms with Gasteiger partial charge >= 0.3 is 0 Å². The quantitative estimate of drug-likeness (QED) is 0.641. The summed E-state index contributed by atoms with van der Waals surface area (Å²) in [6.07, 6.45) is 0. The molecule has 2 rings (SSSR count). The van der Waals surface area contributed by atoms with Crippen LogP contribution in [-0.2, 0) is 0 Å². The van der Waals surface area contributed by atoms with Gasteiger partial charge in [-0.2, -0.15) is 0 Å². The zero-order valence-corrected chi connectivity index (χ0v) is 7.96. The molecule has 2 nitrogen and oxygen atoms in total. The van der Waals surface area contributed by atoms with Crippen LogP contribution in [0.25, 0.3) is 10.9 Å². The molecule has 13 heavy (non-hydrogen) atoms. The molecule has 0 saturated carbocycles. The molecule has 0 bridgehead atoms. The van der Waals surface area contributed by atoms with Gasteiger partial charge in [0, 0.05) is 22.3 Å².